The standard InChI is InChI=1S/C26H27Cl2N5O6S3/c27-16-8-15(9-17(28)20(16)30)41-12-19(34)31-21-23(35)33-22(26(38)39)13(11-42-24(21)33)10-40-14-3-6-32(7-4-14)5-1-2-18(29)25(36)37/h3-4,6-9,18,21,24H,1-2,5,10-12,29-30H2,(H2-,31,34,36,37,38,39)/p+1/t18-,21-,24+/m0/s1. The monoisotopic (exact) mass is 672 g/mol. The fourth-order valence-electron chi connectivity index (χ4n) is 4.28. The van der Waals surface area contributed by atoms with Crippen molar-refractivity contribution in [3.63, 3.8) is 0 Å². The quantitative estimate of drug-likeness (QED) is 0.0914. The number of hydrogen-bond donors (Lipinski definition) is 5. The Balaban J connectivity index is 1.31. The highest BCUT2D eigenvalue weighted by Gasteiger charge is 2.54. The molecule has 0 radical (unpaired) electrons. The molecule has 2 amide bonds. The number of nitrogens with two attached hydrogens (primary N) is 2. The van der Waals surface area contributed by atoms with Crippen molar-refractivity contribution in [2.24, 2.45) is 5.73 Å². The van der Waals surface area contributed by atoms with Crippen LogP contribution in [0.15, 0.2) is 57.7 Å². The molecule has 1 saturated heterocycles. The van der Waals surface area contributed by atoms with Crippen molar-refractivity contribution in [2.75, 3.05) is 23.0 Å². The molecule has 0 unspecified atom stereocenters. The Morgan fingerprint density at radius 1 is 1.14 bits per heavy atom. The number of carbonyl (C=O) groups is 4. The molecule has 224 valence electrons. The molecule has 3 atom stereocenters. The molecule has 0 saturated carbocycles. The van der Waals surface area contributed by atoms with E-state index in [0.29, 0.717) is 41.4 Å². The summed E-state index contributed by atoms with van der Waals surface area (Å²) in [6.45, 7) is 0.621. The second-order valence-corrected chi connectivity index (χ2v) is 13.5. The lowest BCUT2D eigenvalue weighted by molar-refractivity contribution is -0.697. The van der Waals surface area contributed by atoms with Crippen molar-refractivity contribution in [1.82, 2.24) is 10.2 Å². The Hall–Kier alpha value is -2.62. The lowest BCUT2D eigenvalue weighted by Crippen LogP contribution is -2.70. The van der Waals surface area contributed by atoms with E-state index < -0.39 is 35.3 Å². The van der Waals surface area contributed by atoms with Gasteiger partial charge in [-0.05, 0) is 24.1 Å². The van der Waals surface area contributed by atoms with Gasteiger partial charge in [0.05, 0.1) is 21.5 Å². The Bertz CT molecular complexity index is 1400. The van der Waals surface area contributed by atoms with Crippen molar-refractivity contribution in [3.8, 4) is 0 Å². The summed E-state index contributed by atoms with van der Waals surface area (Å²) in [5.74, 6) is -2.26. The zero-order valence-corrected chi connectivity index (χ0v) is 26.0. The third-order valence-electron chi connectivity index (χ3n) is 6.51. The predicted molar refractivity (Wildman–Crippen MR) is 163 cm³/mol. The molecule has 11 nitrogen and oxygen atoms in total. The summed E-state index contributed by atoms with van der Waals surface area (Å²) in [6.07, 6.45) is 4.73. The number of benzene rings is 1. The minimum atomic E-state index is -1.19. The van der Waals surface area contributed by atoms with Crippen LogP contribution in [0.3, 0.4) is 0 Å². The molecule has 4 rings (SSSR count). The van der Waals surface area contributed by atoms with Gasteiger partial charge in [0.1, 0.15) is 29.7 Å². The van der Waals surface area contributed by atoms with Crippen LogP contribution >= 0.6 is 58.5 Å². The van der Waals surface area contributed by atoms with E-state index in [1.165, 1.54) is 40.2 Å². The van der Waals surface area contributed by atoms with Gasteiger partial charge < -0.3 is 27.0 Å². The summed E-state index contributed by atoms with van der Waals surface area (Å²) in [4.78, 5) is 51.4. The molecule has 2 aliphatic heterocycles. The van der Waals surface area contributed by atoms with Crippen LogP contribution in [0, 0.1) is 0 Å². The summed E-state index contributed by atoms with van der Waals surface area (Å²) in [7, 11) is 0. The van der Waals surface area contributed by atoms with Crippen molar-refractivity contribution >= 4 is 87.9 Å². The number of rotatable bonds is 13. The number of amides is 2. The number of β-lactam (4-membered cyclic amide) rings is 1. The average Bonchev–Trinajstić information content (AvgIpc) is 2.96. The molecule has 42 heavy (non-hydrogen) atoms. The van der Waals surface area contributed by atoms with Gasteiger partial charge in [-0.2, -0.15) is 0 Å². The van der Waals surface area contributed by atoms with Gasteiger partial charge in [-0.25, -0.2) is 9.36 Å². The number of thioether (sulfide) groups is 3. The number of fused-ring (bicyclic) bond motifs is 1. The number of aryl methyl sites for hydroxylation is 1. The van der Waals surface area contributed by atoms with Crippen LogP contribution in [-0.2, 0) is 25.7 Å². The Labute approximate surface area is 264 Å². The number of carboxylic acid groups (broad SMARTS) is 2. The third-order valence-corrected chi connectivity index (χ3v) is 10.5. The largest absolute Gasteiger partial charge is 0.480 e. The topological polar surface area (TPSA) is 180 Å². The van der Waals surface area contributed by atoms with E-state index in [2.05, 4.69) is 5.32 Å². The maximum Gasteiger partial charge on any atom is 0.352 e. The molecule has 1 aromatic carbocycles. The summed E-state index contributed by atoms with van der Waals surface area (Å²) in [5.41, 5.74) is 12.1. The minimum Gasteiger partial charge on any atom is -0.480 e. The number of aliphatic carboxylic acids is 2. The van der Waals surface area contributed by atoms with Crippen LogP contribution in [0.5, 0.6) is 0 Å². The molecule has 1 aromatic heterocycles. The highest BCUT2D eigenvalue weighted by atomic mass is 35.5. The number of pyridine rings is 1. The van der Waals surface area contributed by atoms with E-state index in [1.807, 2.05) is 29.1 Å². The number of nitrogens with one attached hydrogen (secondary N) is 1. The fourth-order valence-corrected chi connectivity index (χ4v) is 8.05. The molecule has 0 bridgehead atoms. The van der Waals surface area contributed by atoms with Gasteiger partial charge in [-0.15, -0.1) is 35.3 Å². The number of carboxylic acids is 2. The van der Waals surface area contributed by atoms with Crippen LogP contribution in [0.1, 0.15) is 12.8 Å². The zero-order valence-electron chi connectivity index (χ0n) is 22.0. The van der Waals surface area contributed by atoms with Crippen LogP contribution in [0.4, 0.5) is 5.69 Å². The Kier molecular flexibility index (Phi) is 10.9. The number of carbonyl (C=O) groups excluding carboxylic acids is 2. The maximum absolute atomic E-state index is 13.0. The van der Waals surface area contributed by atoms with E-state index in [1.54, 1.807) is 12.1 Å². The molecule has 0 aliphatic carbocycles. The van der Waals surface area contributed by atoms with Gasteiger partial charge in [0.25, 0.3) is 5.91 Å². The number of nitrogens with zero attached hydrogens (tertiary/aromatic N) is 2. The molecule has 2 aromatic rings. The second-order valence-electron chi connectivity index (χ2n) is 9.45. The van der Waals surface area contributed by atoms with E-state index in [9.17, 15) is 24.3 Å². The van der Waals surface area contributed by atoms with Crippen LogP contribution in [-0.4, -0.2) is 73.6 Å². The third kappa shape index (κ3) is 7.66. The van der Waals surface area contributed by atoms with Gasteiger partial charge in [-0.1, -0.05) is 23.2 Å². The lowest BCUT2D eigenvalue weighted by Gasteiger charge is -2.49. The van der Waals surface area contributed by atoms with Crippen molar-refractivity contribution in [1.29, 1.82) is 0 Å². The average molecular weight is 674 g/mol. The first-order valence-corrected chi connectivity index (χ1v) is 16.4. The molecule has 1 fully saturated rings. The number of nitrogen functional groups attached to an aromatic ring is 1. The first-order valence-electron chi connectivity index (χ1n) is 12.6. The van der Waals surface area contributed by atoms with Crippen LogP contribution in [0.25, 0.3) is 0 Å². The number of hydrogen-bond acceptors (Lipinski definition) is 9. The van der Waals surface area contributed by atoms with Gasteiger partial charge in [-0.3, -0.25) is 19.3 Å². The summed E-state index contributed by atoms with van der Waals surface area (Å²) >= 11 is 16.1. The molecule has 2 aliphatic rings. The highest BCUT2D eigenvalue weighted by Crippen LogP contribution is 2.41. The molecule has 16 heteroatoms. The van der Waals surface area contributed by atoms with Crippen LogP contribution < -0.4 is 21.4 Å². The van der Waals surface area contributed by atoms with Gasteiger partial charge in [0.15, 0.2) is 12.4 Å². The zero-order chi connectivity index (χ0) is 30.6. The van der Waals surface area contributed by atoms with Crippen molar-refractivity contribution in [2.45, 2.75) is 46.6 Å². The molecule has 0 spiro atoms. The molecule has 3 heterocycles. The lowest BCUT2D eigenvalue weighted by atomic mass is 10.0. The normalized spacial score (nSPS) is 18.7. The maximum atomic E-state index is 13.0. The predicted octanol–water partition coefficient (Wildman–Crippen LogP) is 2.68. The summed E-state index contributed by atoms with van der Waals surface area (Å²) < 4.78 is 1.92. The van der Waals surface area contributed by atoms with E-state index in [4.69, 9.17) is 39.8 Å². The first-order chi connectivity index (χ1) is 20.0. The molecular weight excluding hydrogens is 645 g/mol. The smallest absolute Gasteiger partial charge is 0.352 e. The SMILES string of the molecule is Nc1c(Cl)cc(SCC(=O)N[C@H]2C(=O)N3C(C(=O)O)=C(CSc4cc[n+](CCC[C@H](N)C(=O)O)cc4)CS[C@H]23)cc1Cl. The van der Waals surface area contributed by atoms with Gasteiger partial charge in [0.2, 0.25) is 5.91 Å². The van der Waals surface area contributed by atoms with Gasteiger partial charge >= 0.3 is 11.9 Å². The van der Waals surface area contributed by atoms with E-state index >= 15 is 0 Å². The van der Waals surface area contributed by atoms with E-state index in [-0.39, 0.29) is 33.1 Å². The van der Waals surface area contributed by atoms with Gasteiger partial charge in [0, 0.05) is 39.9 Å². The second kappa shape index (κ2) is 14.2. The van der Waals surface area contributed by atoms with Crippen molar-refractivity contribution < 1.29 is 34.0 Å². The number of anilines is 1. The Morgan fingerprint density at radius 3 is 2.43 bits per heavy atom. The number of halogens is 2. The summed E-state index contributed by atoms with van der Waals surface area (Å²) in [6, 6.07) is 5.30. The Morgan fingerprint density at radius 2 is 1.81 bits per heavy atom. The molecule has 7 N–H and O–H groups in total. The highest BCUT2D eigenvalue weighted by molar-refractivity contribution is 8.01. The van der Waals surface area contributed by atoms with E-state index in [0.717, 1.165) is 4.90 Å². The van der Waals surface area contributed by atoms with Crippen molar-refractivity contribution in [3.05, 3.63) is 58.0 Å². The fraction of sp³-hybridized carbons (Fsp3) is 0.346. The van der Waals surface area contributed by atoms with Crippen LogP contribution in [0.2, 0.25) is 10.0 Å². The minimum absolute atomic E-state index is 0.00814. The number of aromatic nitrogens is 1. The first kappa shape index (κ1) is 32.3. The summed E-state index contributed by atoms with van der Waals surface area (Å²) in [5, 5.41) is 21.6. The molecular formula is C26H28Cl2N5O6S3+.